The Kier molecular flexibility index (Phi) is 3.11. The molecule has 0 saturated carbocycles. The number of nitrogens with zero attached hydrogens (tertiary/aromatic N) is 2. The first-order chi connectivity index (χ1) is 8.61. The Morgan fingerprint density at radius 3 is 2.89 bits per heavy atom. The molecular formula is C13H11FN4. The molecule has 5 heteroatoms. The third-order valence-electron chi connectivity index (χ3n) is 2.57. The number of nitrogens with two attached hydrogens (primary N) is 1. The van der Waals surface area contributed by atoms with Gasteiger partial charge in [0.1, 0.15) is 11.9 Å². The van der Waals surface area contributed by atoms with Gasteiger partial charge in [-0.2, -0.15) is 5.26 Å². The maximum Gasteiger partial charge on any atom is 0.153 e. The Morgan fingerprint density at radius 1 is 1.44 bits per heavy atom. The number of pyridine rings is 1. The second kappa shape index (κ2) is 4.72. The first kappa shape index (κ1) is 11.9. The number of nitrogen functional groups attached to an aromatic ring is 1. The number of nitrogens with one attached hydrogen (secondary N) is 1. The molecule has 0 aliphatic heterocycles. The smallest absolute Gasteiger partial charge is 0.153 e. The van der Waals surface area contributed by atoms with Crippen LogP contribution in [0.1, 0.15) is 11.1 Å². The summed E-state index contributed by atoms with van der Waals surface area (Å²) in [6.07, 6.45) is 1.41. The molecule has 0 bridgehead atoms. The van der Waals surface area contributed by atoms with Crippen molar-refractivity contribution in [1.29, 1.82) is 5.26 Å². The van der Waals surface area contributed by atoms with Gasteiger partial charge in [0.25, 0.3) is 0 Å². The molecule has 0 aliphatic rings. The number of hydrogen-bond acceptors (Lipinski definition) is 4. The Bertz CT molecular complexity index is 631. The molecule has 1 aromatic heterocycles. The molecule has 2 rings (SSSR count). The van der Waals surface area contributed by atoms with E-state index in [0.29, 0.717) is 28.3 Å². The summed E-state index contributed by atoms with van der Waals surface area (Å²) in [6, 6.07) is 8.19. The quantitative estimate of drug-likeness (QED) is 0.849. The van der Waals surface area contributed by atoms with Crippen LogP contribution in [0.15, 0.2) is 30.5 Å². The van der Waals surface area contributed by atoms with Gasteiger partial charge in [0.15, 0.2) is 5.82 Å². The van der Waals surface area contributed by atoms with E-state index < -0.39 is 0 Å². The van der Waals surface area contributed by atoms with E-state index in [2.05, 4.69) is 10.3 Å². The lowest BCUT2D eigenvalue weighted by molar-refractivity contribution is 0.619. The van der Waals surface area contributed by atoms with Crippen molar-refractivity contribution in [3.8, 4) is 6.07 Å². The average Bonchev–Trinajstić information content (AvgIpc) is 2.37. The summed E-state index contributed by atoms with van der Waals surface area (Å²) < 4.78 is 13.4. The Balaban J connectivity index is 2.35. The standard InChI is InChI=1S/C13H11FN4/c1-8-10(14)3-2-4-12(8)18-13-11(16)5-9(6-15)7-17-13/h2-5,7H,16H2,1H3,(H,17,18). The van der Waals surface area contributed by atoms with Crippen molar-refractivity contribution >= 4 is 17.2 Å². The average molecular weight is 242 g/mol. The molecule has 0 spiro atoms. The van der Waals surface area contributed by atoms with Gasteiger partial charge in [0.05, 0.1) is 11.3 Å². The molecule has 4 nitrogen and oxygen atoms in total. The lowest BCUT2D eigenvalue weighted by Gasteiger charge is -2.11. The van der Waals surface area contributed by atoms with Crippen LogP contribution in [0, 0.1) is 24.1 Å². The maximum absolute atomic E-state index is 13.4. The summed E-state index contributed by atoms with van der Waals surface area (Å²) in [4.78, 5) is 4.03. The highest BCUT2D eigenvalue weighted by Crippen LogP contribution is 2.24. The van der Waals surface area contributed by atoms with Crippen molar-refractivity contribution in [2.45, 2.75) is 6.92 Å². The van der Waals surface area contributed by atoms with Crippen LogP contribution in [0.25, 0.3) is 0 Å². The molecular weight excluding hydrogens is 231 g/mol. The molecule has 0 radical (unpaired) electrons. The Morgan fingerprint density at radius 2 is 2.22 bits per heavy atom. The first-order valence-corrected chi connectivity index (χ1v) is 5.29. The number of aromatic nitrogens is 1. The summed E-state index contributed by atoms with van der Waals surface area (Å²) in [5, 5.41) is 11.7. The molecule has 3 N–H and O–H groups in total. The zero-order valence-electron chi connectivity index (χ0n) is 9.74. The number of hydrogen-bond donors (Lipinski definition) is 2. The van der Waals surface area contributed by atoms with Crippen molar-refractivity contribution in [3.05, 3.63) is 47.4 Å². The van der Waals surface area contributed by atoms with Crippen molar-refractivity contribution in [3.63, 3.8) is 0 Å². The topological polar surface area (TPSA) is 74.7 Å². The summed E-state index contributed by atoms with van der Waals surface area (Å²) in [5.74, 6) is 0.106. The van der Waals surface area contributed by atoms with Gasteiger partial charge in [0.2, 0.25) is 0 Å². The SMILES string of the molecule is Cc1c(F)cccc1Nc1ncc(C#N)cc1N. The van der Waals surface area contributed by atoms with E-state index in [9.17, 15) is 4.39 Å². The zero-order chi connectivity index (χ0) is 13.1. The highest BCUT2D eigenvalue weighted by atomic mass is 19.1. The van der Waals surface area contributed by atoms with E-state index in [1.54, 1.807) is 19.1 Å². The number of halogens is 1. The molecule has 18 heavy (non-hydrogen) atoms. The summed E-state index contributed by atoms with van der Waals surface area (Å²) in [6.45, 7) is 1.66. The summed E-state index contributed by atoms with van der Waals surface area (Å²) in [7, 11) is 0. The van der Waals surface area contributed by atoms with Crippen molar-refractivity contribution < 1.29 is 4.39 Å². The Labute approximate surface area is 104 Å². The molecule has 1 heterocycles. The van der Waals surface area contributed by atoms with Gasteiger partial charge < -0.3 is 11.1 Å². The van der Waals surface area contributed by atoms with Crippen LogP contribution in [-0.2, 0) is 0 Å². The predicted octanol–water partition coefficient (Wildman–Crippen LogP) is 2.73. The third kappa shape index (κ3) is 2.23. The summed E-state index contributed by atoms with van der Waals surface area (Å²) >= 11 is 0. The molecule has 0 fully saturated rings. The van der Waals surface area contributed by atoms with Crippen molar-refractivity contribution in [2.24, 2.45) is 0 Å². The molecule has 0 amide bonds. The molecule has 0 saturated heterocycles. The minimum Gasteiger partial charge on any atom is -0.396 e. The van der Waals surface area contributed by atoms with E-state index in [-0.39, 0.29) is 5.82 Å². The van der Waals surface area contributed by atoms with Crippen molar-refractivity contribution in [1.82, 2.24) is 4.98 Å². The normalized spacial score (nSPS) is 9.83. The fraction of sp³-hybridized carbons (Fsp3) is 0.0769. The van der Waals surface area contributed by atoms with Crippen LogP contribution in [0.3, 0.4) is 0 Å². The van der Waals surface area contributed by atoms with Gasteiger partial charge in [-0.25, -0.2) is 9.37 Å². The van der Waals surface area contributed by atoms with Gasteiger partial charge in [-0.15, -0.1) is 0 Å². The van der Waals surface area contributed by atoms with Crippen LogP contribution >= 0.6 is 0 Å². The maximum atomic E-state index is 13.4. The van der Waals surface area contributed by atoms with Crippen LogP contribution < -0.4 is 11.1 Å². The van der Waals surface area contributed by atoms with Crippen LogP contribution in [0.5, 0.6) is 0 Å². The van der Waals surface area contributed by atoms with E-state index in [4.69, 9.17) is 11.0 Å². The highest BCUT2D eigenvalue weighted by Gasteiger charge is 2.07. The molecule has 1 aromatic carbocycles. The van der Waals surface area contributed by atoms with Crippen molar-refractivity contribution in [2.75, 3.05) is 11.1 Å². The first-order valence-electron chi connectivity index (χ1n) is 5.29. The van der Waals surface area contributed by atoms with Crippen LogP contribution in [0.4, 0.5) is 21.6 Å². The molecule has 90 valence electrons. The molecule has 0 atom stereocenters. The van der Waals surface area contributed by atoms with E-state index in [1.165, 1.54) is 18.3 Å². The molecule has 0 aliphatic carbocycles. The predicted molar refractivity (Wildman–Crippen MR) is 67.8 cm³/mol. The number of nitriles is 1. The van der Waals surface area contributed by atoms with Gasteiger partial charge in [-0.1, -0.05) is 6.07 Å². The lowest BCUT2D eigenvalue weighted by atomic mass is 10.2. The second-order valence-corrected chi connectivity index (χ2v) is 3.81. The van der Waals surface area contributed by atoms with Gasteiger partial charge in [0, 0.05) is 17.4 Å². The monoisotopic (exact) mass is 242 g/mol. The zero-order valence-corrected chi connectivity index (χ0v) is 9.74. The minimum absolute atomic E-state index is 0.299. The fourth-order valence-corrected chi connectivity index (χ4v) is 1.52. The summed E-state index contributed by atoms with van der Waals surface area (Å²) in [5.41, 5.74) is 7.58. The van der Waals surface area contributed by atoms with Crippen LogP contribution in [-0.4, -0.2) is 4.98 Å². The van der Waals surface area contributed by atoms with E-state index in [0.717, 1.165) is 0 Å². The lowest BCUT2D eigenvalue weighted by Crippen LogP contribution is -2.01. The largest absolute Gasteiger partial charge is 0.396 e. The highest BCUT2D eigenvalue weighted by molar-refractivity contribution is 5.71. The number of rotatable bonds is 2. The van der Waals surface area contributed by atoms with E-state index >= 15 is 0 Å². The third-order valence-corrected chi connectivity index (χ3v) is 2.57. The fourth-order valence-electron chi connectivity index (χ4n) is 1.52. The van der Waals surface area contributed by atoms with Crippen LogP contribution in [0.2, 0.25) is 0 Å². The van der Waals surface area contributed by atoms with Gasteiger partial charge in [-0.3, -0.25) is 0 Å². The Hall–Kier alpha value is -2.61. The molecule has 0 unspecified atom stereocenters. The minimum atomic E-state index is -0.299. The number of anilines is 3. The van der Waals surface area contributed by atoms with E-state index in [1.807, 2.05) is 6.07 Å². The number of benzene rings is 1. The van der Waals surface area contributed by atoms with Gasteiger partial charge in [-0.05, 0) is 25.1 Å². The second-order valence-electron chi connectivity index (χ2n) is 3.81. The molecule has 2 aromatic rings. The van der Waals surface area contributed by atoms with Gasteiger partial charge >= 0.3 is 0 Å².